The van der Waals surface area contributed by atoms with E-state index >= 15 is 0 Å². The lowest BCUT2D eigenvalue weighted by molar-refractivity contribution is -0.116. The van der Waals surface area contributed by atoms with Crippen LogP contribution in [0.25, 0.3) is 0 Å². The van der Waals surface area contributed by atoms with Crippen LogP contribution >= 0.6 is 11.8 Å². The fourth-order valence-electron chi connectivity index (χ4n) is 2.38. The molecule has 1 amide bonds. The van der Waals surface area contributed by atoms with E-state index in [1.54, 1.807) is 0 Å². The number of rotatable bonds is 4. The number of aryl methyl sites for hydroxylation is 1. The van der Waals surface area contributed by atoms with Crippen LogP contribution in [-0.2, 0) is 4.79 Å². The number of thioether (sulfide) groups is 1. The Morgan fingerprint density at radius 2 is 2.35 bits per heavy atom. The molecule has 1 unspecified atom stereocenters. The van der Waals surface area contributed by atoms with Crippen molar-refractivity contribution < 1.29 is 4.79 Å². The van der Waals surface area contributed by atoms with Crippen LogP contribution in [0, 0.1) is 6.92 Å². The summed E-state index contributed by atoms with van der Waals surface area (Å²) in [6, 6.07) is 6.12. The van der Waals surface area contributed by atoms with Crippen molar-refractivity contribution in [2.24, 2.45) is 0 Å². The van der Waals surface area contributed by atoms with Crippen molar-refractivity contribution in [3.8, 4) is 0 Å². The molecule has 0 aromatic heterocycles. The van der Waals surface area contributed by atoms with Gasteiger partial charge in [0, 0.05) is 48.4 Å². The molecule has 1 heterocycles. The van der Waals surface area contributed by atoms with E-state index in [-0.39, 0.29) is 5.91 Å². The molecular weight excluding hydrogens is 270 g/mol. The number of nitrogens with two attached hydrogens (primary N) is 1. The zero-order chi connectivity index (χ0) is 14.5. The standard InChI is InChI=1S/C15H23N3OS/c1-11-9-13(16)3-4-14(11)17-15(19)5-6-18-7-8-20-10-12(18)2/h3-4,9,12H,5-8,10,16H2,1-2H3,(H,17,19). The SMILES string of the molecule is Cc1cc(N)ccc1NC(=O)CCN1CCSCC1C. The molecule has 1 saturated heterocycles. The van der Waals surface area contributed by atoms with E-state index in [4.69, 9.17) is 5.73 Å². The van der Waals surface area contributed by atoms with Gasteiger partial charge in [0.05, 0.1) is 0 Å². The van der Waals surface area contributed by atoms with Crippen LogP contribution in [0.3, 0.4) is 0 Å². The van der Waals surface area contributed by atoms with Gasteiger partial charge in [-0.15, -0.1) is 0 Å². The van der Waals surface area contributed by atoms with Gasteiger partial charge in [0.25, 0.3) is 0 Å². The van der Waals surface area contributed by atoms with E-state index in [2.05, 4.69) is 17.1 Å². The van der Waals surface area contributed by atoms with Gasteiger partial charge in [-0.05, 0) is 37.6 Å². The summed E-state index contributed by atoms with van der Waals surface area (Å²) < 4.78 is 0. The van der Waals surface area contributed by atoms with E-state index in [0.717, 1.165) is 30.0 Å². The monoisotopic (exact) mass is 293 g/mol. The number of nitrogen functional groups attached to an aromatic ring is 1. The molecule has 1 fully saturated rings. The third-order valence-corrected chi connectivity index (χ3v) is 4.85. The first-order valence-electron chi connectivity index (χ1n) is 7.04. The molecule has 5 heteroatoms. The Balaban J connectivity index is 1.83. The molecule has 3 N–H and O–H groups in total. The first kappa shape index (κ1) is 15.2. The summed E-state index contributed by atoms with van der Waals surface area (Å²) in [6.07, 6.45) is 0.540. The Labute approximate surface area is 125 Å². The quantitative estimate of drug-likeness (QED) is 0.837. The number of benzene rings is 1. The van der Waals surface area contributed by atoms with Crippen molar-refractivity contribution in [3.05, 3.63) is 23.8 Å². The number of carbonyl (C=O) groups is 1. The molecular formula is C15H23N3OS. The second kappa shape index (κ2) is 6.99. The molecule has 1 aliphatic rings. The molecule has 1 atom stereocenters. The van der Waals surface area contributed by atoms with Gasteiger partial charge in [-0.25, -0.2) is 0 Å². The van der Waals surface area contributed by atoms with Crippen LogP contribution in [0.15, 0.2) is 18.2 Å². The van der Waals surface area contributed by atoms with Gasteiger partial charge in [-0.3, -0.25) is 9.69 Å². The van der Waals surface area contributed by atoms with Gasteiger partial charge in [0.2, 0.25) is 5.91 Å². The maximum atomic E-state index is 12.0. The van der Waals surface area contributed by atoms with Crippen molar-refractivity contribution in [2.75, 3.05) is 35.6 Å². The molecule has 20 heavy (non-hydrogen) atoms. The molecule has 1 aromatic rings. The lowest BCUT2D eigenvalue weighted by Crippen LogP contribution is -2.41. The van der Waals surface area contributed by atoms with Gasteiger partial charge in [-0.1, -0.05) is 0 Å². The maximum absolute atomic E-state index is 12.0. The van der Waals surface area contributed by atoms with Crippen molar-refractivity contribution in [2.45, 2.75) is 26.3 Å². The second-order valence-electron chi connectivity index (χ2n) is 5.33. The van der Waals surface area contributed by atoms with Gasteiger partial charge in [0.15, 0.2) is 0 Å². The summed E-state index contributed by atoms with van der Waals surface area (Å²) in [5.41, 5.74) is 8.28. The Morgan fingerprint density at radius 1 is 1.55 bits per heavy atom. The number of carbonyl (C=O) groups excluding carboxylic acids is 1. The summed E-state index contributed by atoms with van der Waals surface area (Å²) in [4.78, 5) is 14.4. The number of nitrogens with zero attached hydrogens (tertiary/aromatic N) is 1. The van der Waals surface area contributed by atoms with E-state index in [0.29, 0.717) is 12.5 Å². The first-order valence-corrected chi connectivity index (χ1v) is 8.19. The summed E-state index contributed by atoms with van der Waals surface area (Å²) in [5, 5.41) is 2.97. The molecule has 1 aromatic carbocycles. The average Bonchev–Trinajstić information content (AvgIpc) is 2.41. The Morgan fingerprint density at radius 3 is 3.05 bits per heavy atom. The number of amides is 1. The summed E-state index contributed by atoms with van der Waals surface area (Å²) in [7, 11) is 0. The molecule has 0 saturated carbocycles. The molecule has 0 bridgehead atoms. The van der Waals surface area contributed by atoms with Gasteiger partial charge < -0.3 is 11.1 Å². The average molecular weight is 293 g/mol. The van der Waals surface area contributed by atoms with Crippen LogP contribution in [0.1, 0.15) is 18.9 Å². The van der Waals surface area contributed by atoms with Crippen LogP contribution in [0.5, 0.6) is 0 Å². The Hall–Kier alpha value is -1.20. The number of nitrogens with one attached hydrogen (secondary N) is 1. The van der Waals surface area contributed by atoms with Gasteiger partial charge in [0.1, 0.15) is 0 Å². The van der Waals surface area contributed by atoms with Crippen LogP contribution in [-0.4, -0.2) is 41.4 Å². The number of anilines is 2. The highest BCUT2D eigenvalue weighted by Gasteiger charge is 2.19. The molecule has 110 valence electrons. The highest BCUT2D eigenvalue weighted by Crippen LogP contribution is 2.19. The van der Waals surface area contributed by atoms with E-state index in [1.807, 2.05) is 36.9 Å². The lowest BCUT2D eigenvalue weighted by Gasteiger charge is -2.32. The largest absolute Gasteiger partial charge is 0.399 e. The lowest BCUT2D eigenvalue weighted by atomic mass is 10.1. The van der Waals surface area contributed by atoms with E-state index in [1.165, 1.54) is 11.5 Å². The highest BCUT2D eigenvalue weighted by molar-refractivity contribution is 7.99. The van der Waals surface area contributed by atoms with Crippen molar-refractivity contribution in [1.82, 2.24) is 4.90 Å². The minimum absolute atomic E-state index is 0.0725. The molecule has 4 nitrogen and oxygen atoms in total. The smallest absolute Gasteiger partial charge is 0.225 e. The van der Waals surface area contributed by atoms with Gasteiger partial charge >= 0.3 is 0 Å². The minimum Gasteiger partial charge on any atom is -0.399 e. The number of hydrogen-bond acceptors (Lipinski definition) is 4. The first-order chi connectivity index (χ1) is 9.56. The molecule has 0 aliphatic carbocycles. The Kier molecular flexibility index (Phi) is 5.31. The minimum atomic E-state index is 0.0725. The van der Waals surface area contributed by atoms with E-state index < -0.39 is 0 Å². The predicted octanol–water partition coefficient (Wildman–Crippen LogP) is 2.34. The molecule has 0 spiro atoms. The van der Waals surface area contributed by atoms with Crippen LogP contribution in [0.2, 0.25) is 0 Å². The maximum Gasteiger partial charge on any atom is 0.225 e. The number of hydrogen-bond donors (Lipinski definition) is 2. The normalized spacial score (nSPS) is 19.8. The fraction of sp³-hybridized carbons (Fsp3) is 0.533. The molecule has 2 rings (SSSR count). The molecule has 1 aliphatic heterocycles. The van der Waals surface area contributed by atoms with E-state index in [9.17, 15) is 4.79 Å². The predicted molar refractivity (Wildman–Crippen MR) is 87.2 cm³/mol. The molecule has 0 radical (unpaired) electrons. The zero-order valence-electron chi connectivity index (χ0n) is 12.2. The second-order valence-corrected chi connectivity index (χ2v) is 6.48. The van der Waals surface area contributed by atoms with Crippen molar-refractivity contribution in [3.63, 3.8) is 0 Å². The highest BCUT2D eigenvalue weighted by atomic mass is 32.2. The van der Waals surface area contributed by atoms with Crippen LogP contribution < -0.4 is 11.1 Å². The van der Waals surface area contributed by atoms with Gasteiger partial charge in [-0.2, -0.15) is 11.8 Å². The third kappa shape index (κ3) is 4.15. The Bertz CT molecular complexity index is 478. The third-order valence-electron chi connectivity index (χ3n) is 3.66. The van der Waals surface area contributed by atoms with Crippen molar-refractivity contribution >= 4 is 29.0 Å². The summed E-state index contributed by atoms with van der Waals surface area (Å²) >= 11 is 1.99. The zero-order valence-corrected chi connectivity index (χ0v) is 13.0. The topological polar surface area (TPSA) is 58.4 Å². The van der Waals surface area contributed by atoms with Crippen molar-refractivity contribution in [1.29, 1.82) is 0 Å². The summed E-state index contributed by atoms with van der Waals surface area (Å²) in [6.45, 7) is 6.10. The summed E-state index contributed by atoms with van der Waals surface area (Å²) in [5.74, 6) is 2.41. The fourth-order valence-corrected chi connectivity index (χ4v) is 3.46. The van der Waals surface area contributed by atoms with Crippen LogP contribution in [0.4, 0.5) is 11.4 Å².